The summed E-state index contributed by atoms with van der Waals surface area (Å²) in [5, 5.41) is 2.63. The van der Waals surface area contributed by atoms with E-state index >= 15 is 0 Å². The van der Waals surface area contributed by atoms with Gasteiger partial charge in [0.15, 0.2) is 23.3 Å². The predicted octanol–water partition coefficient (Wildman–Crippen LogP) is 13.0. The van der Waals surface area contributed by atoms with Crippen LogP contribution in [-0.2, 0) is 5.41 Å². The molecule has 0 saturated heterocycles. The first-order valence-electron chi connectivity index (χ1n) is 21.9. The highest BCUT2D eigenvalue weighted by Crippen LogP contribution is 2.50. The van der Waals surface area contributed by atoms with Crippen LogP contribution in [-0.4, -0.2) is 24.9 Å². The standard InChI is InChI=1S/C58H41N5S/c1-58(2)47-32-40(26-29-44(47)45-30-27-41(33-48(45)58)50-35-49(36-16-7-3-8-17-36)59-54(60-50)37-18-9-4-10-19-37)43-24-15-25-51-53(43)46-31-28-42(34-52(46)64-51)57-62-55(38-20-11-5-12-21-38)61-56(63-57)39-22-13-6-14-23-39/h3-14,16-23,25-35H,15,24H2,1-2H3. The first-order valence-corrected chi connectivity index (χ1v) is 22.7. The zero-order chi connectivity index (χ0) is 42.8. The van der Waals surface area contributed by atoms with Gasteiger partial charge < -0.3 is 0 Å². The van der Waals surface area contributed by atoms with E-state index in [1.54, 1.807) is 0 Å². The second kappa shape index (κ2) is 15.3. The molecular formula is C58H41N5S. The van der Waals surface area contributed by atoms with Gasteiger partial charge >= 0.3 is 0 Å². The Hall–Kier alpha value is -7.67. The highest BCUT2D eigenvalue weighted by molar-refractivity contribution is 7.17. The largest absolute Gasteiger partial charge is 0.228 e. The quantitative estimate of drug-likeness (QED) is 0.160. The predicted molar refractivity (Wildman–Crippen MR) is 263 cm³/mol. The summed E-state index contributed by atoms with van der Waals surface area (Å²) in [7, 11) is 0. The number of thiophene rings is 1. The number of fused-ring (bicyclic) bond motifs is 6. The van der Waals surface area contributed by atoms with E-state index in [-0.39, 0.29) is 5.41 Å². The summed E-state index contributed by atoms with van der Waals surface area (Å²) < 4.78 is 2.57. The molecule has 2 aliphatic carbocycles. The molecule has 64 heavy (non-hydrogen) atoms. The van der Waals surface area contributed by atoms with Crippen molar-refractivity contribution in [3.8, 4) is 79.2 Å². The molecule has 0 atom stereocenters. The van der Waals surface area contributed by atoms with E-state index < -0.39 is 0 Å². The lowest BCUT2D eigenvalue weighted by Crippen LogP contribution is -2.25. The van der Waals surface area contributed by atoms with E-state index in [0.717, 1.165) is 63.4 Å². The number of aromatic nitrogens is 5. The van der Waals surface area contributed by atoms with Gasteiger partial charge in [-0.1, -0.05) is 178 Å². The number of hydrogen-bond acceptors (Lipinski definition) is 6. The summed E-state index contributed by atoms with van der Waals surface area (Å²) in [5.74, 6) is 2.73. The number of nitrogens with zero attached hydrogens (tertiary/aromatic N) is 5. The minimum Gasteiger partial charge on any atom is -0.228 e. The molecule has 0 bridgehead atoms. The topological polar surface area (TPSA) is 64.5 Å². The van der Waals surface area contributed by atoms with E-state index in [1.165, 1.54) is 53.2 Å². The summed E-state index contributed by atoms with van der Waals surface area (Å²) in [6, 6.07) is 63.9. The molecule has 0 radical (unpaired) electrons. The van der Waals surface area contributed by atoms with Crippen LogP contribution in [0.3, 0.4) is 0 Å². The molecule has 3 aromatic heterocycles. The second-order valence-electron chi connectivity index (χ2n) is 17.2. The summed E-state index contributed by atoms with van der Waals surface area (Å²) >= 11 is 1.86. The lowest BCUT2D eigenvalue weighted by molar-refractivity contribution is 0.660. The molecule has 6 heteroatoms. The van der Waals surface area contributed by atoms with Crippen molar-refractivity contribution in [3.63, 3.8) is 0 Å². The maximum atomic E-state index is 5.17. The number of benzene rings is 7. The third-order valence-electron chi connectivity index (χ3n) is 12.8. The van der Waals surface area contributed by atoms with Gasteiger partial charge in [-0.3, -0.25) is 0 Å². The zero-order valence-electron chi connectivity index (χ0n) is 35.5. The maximum absolute atomic E-state index is 5.17. The molecule has 12 rings (SSSR count). The van der Waals surface area contributed by atoms with E-state index in [9.17, 15) is 0 Å². The second-order valence-corrected chi connectivity index (χ2v) is 18.2. The Balaban J connectivity index is 0.930. The Morgan fingerprint density at radius 3 is 1.47 bits per heavy atom. The fourth-order valence-electron chi connectivity index (χ4n) is 9.56. The van der Waals surface area contributed by atoms with Crippen molar-refractivity contribution in [1.29, 1.82) is 0 Å². The molecule has 0 amide bonds. The highest BCUT2D eigenvalue weighted by Gasteiger charge is 2.36. The van der Waals surface area contributed by atoms with E-state index in [1.807, 2.05) is 72.0 Å². The Morgan fingerprint density at radius 1 is 0.422 bits per heavy atom. The van der Waals surface area contributed by atoms with Crippen LogP contribution in [0.5, 0.6) is 0 Å². The van der Waals surface area contributed by atoms with Crippen LogP contribution in [0.15, 0.2) is 182 Å². The highest BCUT2D eigenvalue weighted by atomic mass is 32.1. The minimum absolute atomic E-state index is 0.216. The van der Waals surface area contributed by atoms with Crippen LogP contribution in [0.25, 0.3) is 101 Å². The average molecular weight is 840 g/mol. The van der Waals surface area contributed by atoms with E-state index in [2.05, 4.69) is 141 Å². The molecular weight excluding hydrogens is 799 g/mol. The SMILES string of the molecule is CC1(C)c2cc(C3=c4c(sc5cc(-c6nc(-c7ccccc7)nc(-c7ccccc7)n6)ccc45)=CCC3)ccc2-c2ccc(-c3cc(-c4ccccc4)nc(-c4ccccc4)n3)cc21. The van der Waals surface area contributed by atoms with Gasteiger partial charge in [0.25, 0.3) is 0 Å². The molecule has 0 unspecified atom stereocenters. The Morgan fingerprint density at radius 2 is 0.891 bits per heavy atom. The molecule has 2 aliphatic rings. The fourth-order valence-corrected chi connectivity index (χ4v) is 10.8. The molecule has 304 valence electrons. The van der Waals surface area contributed by atoms with Gasteiger partial charge in [0.2, 0.25) is 0 Å². The molecule has 0 spiro atoms. The molecule has 0 aliphatic heterocycles. The van der Waals surface area contributed by atoms with Gasteiger partial charge in [0.05, 0.1) is 11.4 Å². The summed E-state index contributed by atoms with van der Waals surface area (Å²) in [6.45, 7) is 4.74. The van der Waals surface area contributed by atoms with Gasteiger partial charge in [-0.05, 0) is 70.5 Å². The Labute approximate surface area is 375 Å². The third kappa shape index (κ3) is 6.57. The van der Waals surface area contributed by atoms with Crippen LogP contribution in [0.1, 0.15) is 43.4 Å². The van der Waals surface area contributed by atoms with Crippen molar-refractivity contribution in [2.45, 2.75) is 32.1 Å². The van der Waals surface area contributed by atoms with Crippen molar-refractivity contribution in [1.82, 2.24) is 24.9 Å². The van der Waals surface area contributed by atoms with Crippen molar-refractivity contribution in [3.05, 3.63) is 208 Å². The van der Waals surface area contributed by atoms with Gasteiger partial charge in [-0.15, -0.1) is 11.3 Å². The molecule has 10 aromatic rings. The van der Waals surface area contributed by atoms with E-state index in [4.69, 9.17) is 24.9 Å². The average Bonchev–Trinajstić information content (AvgIpc) is 3.85. The summed E-state index contributed by atoms with van der Waals surface area (Å²) in [4.78, 5) is 25.2. The Bertz CT molecular complexity index is 3450. The van der Waals surface area contributed by atoms with Crippen LogP contribution < -0.4 is 9.75 Å². The fraction of sp³-hybridized carbons (Fsp3) is 0.0862. The number of rotatable bonds is 7. The minimum atomic E-state index is -0.216. The van der Waals surface area contributed by atoms with Crippen LogP contribution in [0.2, 0.25) is 0 Å². The van der Waals surface area contributed by atoms with Crippen molar-refractivity contribution >= 4 is 33.1 Å². The van der Waals surface area contributed by atoms with Crippen molar-refractivity contribution in [2.75, 3.05) is 0 Å². The molecule has 3 heterocycles. The normalized spacial score (nSPS) is 13.6. The van der Waals surface area contributed by atoms with Crippen molar-refractivity contribution in [2.24, 2.45) is 0 Å². The van der Waals surface area contributed by atoms with Gasteiger partial charge in [-0.25, -0.2) is 24.9 Å². The maximum Gasteiger partial charge on any atom is 0.164 e. The molecule has 0 saturated carbocycles. The number of hydrogen-bond donors (Lipinski definition) is 0. The molecule has 0 fully saturated rings. The lowest BCUT2D eigenvalue weighted by Gasteiger charge is -2.23. The zero-order valence-corrected chi connectivity index (χ0v) is 36.3. The van der Waals surface area contributed by atoms with Gasteiger partial charge in [0, 0.05) is 58.6 Å². The van der Waals surface area contributed by atoms with Crippen molar-refractivity contribution < 1.29 is 0 Å². The summed E-state index contributed by atoms with van der Waals surface area (Å²) in [6.07, 6.45) is 4.42. The third-order valence-corrected chi connectivity index (χ3v) is 14.0. The lowest BCUT2D eigenvalue weighted by atomic mass is 9.80. The molecule has 5 nitrogen and oxygen atoms in total. The monoisotopic (exact) mass is 839 g/mol. The van der Waals surface area contributed by atoms with E-state index in [0.29, 0.717) is 17.5 Å². The smallest absolute Gasteiger partial charge is 0.164 e. The van der Waals surface area contributed by atoms with Crippen LogP contribution in [0, 0.1) is 0 Å². The van der Waals surface area contributed by atoms with Crippen LogP contribution in [0.4, 0.5) is 0 Å². The van der Waals surface area contributed by atoms with Crippen LogP contribution >= 0.6 is 11.3 Å². The van der Waals surface area contributed by atoms with Gasteiger partial charge in [-0.2, -0.15) is 0 Å². The molecule has 0 N–H and O–H groups in total. The Kier molecular flexibility index (Phi) is 9.09. The molecule has 7 aromatic carbocycles. The van der Waals surface area contributed by atoms with Gasteiger partial charge in [0.1, 0.15) is 0 Å². The first kappa shape index (κ1) is 38.0. The first-order chi connectivity index (χ1) is 31.4. The summed E-state index contributed by atoms with van der Waals surface area (Å²) in [5.41, 5.74) is 15.7.